The number of amides is 2. The van der Waals surface area contributed by atoms with Crippen LogP contribution in [0.4, 0.5) is 0 Å². The molecule has 1 aromatic rings. The van der Waals surface area contributed by atoms with Gasteiger partial charge in [0.25, 0.3) is 5.91 Å². The Bertz CT molecular complexity index is 579. The first-order valence-electron chi connectivity index (χ1n) is 5.86. The number of primary amides is 1. The second-order valence-corrected chi connectivity index (χ2v) is 4.37. The number of hydrogen-bond donors (Lipinski definition) is 2. The van der Waals surface area contributed by atoms with E-state index in [1.54, 1.807) is 18.2 Å². The number of benzene rings is 1. The lowest BCUT2D eigenvalue weighted by Gasteiger charge is -2.15. The first kappa shape index (κ1) is 15.4. The molecule has 6 heteroatoms. The quantitative estimate of drug-likeness (QED) is 0.771. The Morgan fingerprint density at radius 2 is 2.00 bits per heavy atom. The van der Waals surface area contributed by atoms with E-state index in [4.69, 9.17) is 10.8 Å². The van der Waals surface area contributed by atoms with Gasteiger partial charge in [0.05, 0.1) is 6.54 Å². The number of rotatable bonds is 5. The third-order valence-corrected chi connectivity index (χ3v) is 2.67. The molecule has 0 saturated heterocycles. The number of carboxylic acids is 1. The summed E-state index contributed by atoms with van der Waals surface area (Å²) in [6, 6.07) is 4.91. The molecule has 6 nitrogen and oxygen atoms in total. The molecule has 0 radical (unpaired) electrons. The van der Waals surface area contributed by atoms with Crippen LogP contribution in [0.3, 0.4) is 0 Å². The molecule has 0 bridgehead atoms. The van der Waals surface area contributed by atoms with Crippen LogP contribution in [0.2, 0.25) is 0 Å². The first-order chi connectivity index (χ1) is 9.31. The number of nitrogens with zero attached hydrogens (tertiary/aromatic N) is 1. The maximum absolute atomic E-state index is 12.1. The van der Waals surface area contributed by atoms with Crippen LogP contribution >= 0.6 is 0 Å². The van der Waals surface area contributed by atoms with Gasteiger partial charge in [0, 0.05) is 18.7 Å². The molecule has 0 heterocycles. The van der Waals surface area contributed by atoms with Crippen molar-refractivity contribution in [1.82, 2.24) is 4.90 Å². The molecule has 1 aromatic carbocycles. The fraction of sp³-hybridized carbons (Fsp3) is 0.214. The van der Waals surface area contributed by atoms with E-state index in [2.05, 4.69) is 0 Å². The van der Waals surface area contributed by atoms with Crippen LogP contribution in [0.15, 0.2) is 24.3 Å². The summed E-state index contributed by atoms with van der Waals surface area (Å²) in [5.41, 5.74) is 6.87. The minimum atomic E-state index is -1.06. The summed E-state index contributed by atoms with van der Waals surface area (Å²) in [4.78, 5) is 34.6. The van der Waals surface area contributed by atoms with Crippen LogP contribution in [-0.2, 0) is 9.59 Å². The van der Waals surface area contributed by atoms with Crippen LogP contribution in [0.5, 0.6) is 0 Å². The Kier molecular flexibility index (Phi) is 5.02. The topological polar surface area (TPSA) is 101 Å². The molecule has 0 aliphatic carbocycles. The van der Waals surface area contributed by atoms with Gasteiger partial charge in [-0.2, -0.15) is 0 Å². The number of aryl methyl sites for hydroxylation is 1. The number of carbonyl (C=O) groups excluding carboxylic acids is 2. The van der Waals surface area contributed by atoms with E-state index in [9.17, 15) is 14.4 Å². The van der Waals surface area contributed by atoms with Crippen molar-refractivity contribution in [2.75, 3.05) is 13.6 Å². The number of carbonyl (C=O) groups is 3. The lowest BCUT2D eigenvalue weighted by molar-refractivity contribution is -0.131. The largest absolute Gasteiger partial charge is 0.478 e. The number of hydrogen-bond acceptors (Lipinski definition) is 3. The van der Waals surface area contributed by atoms with Crippen molar-refractivity contribution in [3.05, 3.63) is 41.0 Å². The SMILES string of the molecule is Cc1ccc(C(=O)N(C)CC(N)=O)cc1/C=C/C(=O)O. The molecule has 0 aliphatic heterocycles. The van der Waals surface area contributed by atoms with Gasteiger partial charge in [-0.15, -0.1) is 0 Å². The standard InChI is InChI=1S/C14H16N2O4/c1-9-3-4-11(7-10(9)5-6-13(18)19)14(20)16(2)8-12(15)17/h3-7H,8H2,1-2H3,(H2,15,17)(H,18,19)/b6-5+. The van der Waals surface area contributed by atoms with Crippen molar-refractivity contribution in [2.45, 2.75) is 6.92 Å². The van der Waals surface area contributed by atoms with Gasteiger partial charge < -0.3 is 15.7 Å². The molecule has 2 amide bonds. The summed E-state index contributed by atoms with van der Waals surface area (Å²) >= 11 is 0. The number of nitrogens with two attached hydrogens (primary N) is 1. The van der Waals surface area contributed by atoms with Crippen LogP contribution in [0.25, 0.3) is 6.08 Å². The highest BCUT2D eigenvalue weighted by atomic mass is 16.4. The second-order valence-electron chi connectivity index (χ2n) is 4.37. The monoisotopic (exact) mass is 276 g/mol. The highest BCUT2D eigenvalue weighted by Crippen LogP contribution is 2.14. The van der Waals surface area contributed by atoms with E-state index in [1.807, 2.05) is 6.92 Å². The van der Waals surface area contributed by atoms with E-state index in [0.29, 0.717) is 11.1 Å². The van der Waals surface area contributed by atoms with Gasteiger partial charge in [-0.1, -0.05) is 6.07 Å². The maximum atomic E-state index is 12.1. The summed E-state index contributed by atoms with van der Waals surface area (Å²) in [6.07, 6.45) is 2.42. The van der Waals surface area contributed by atoms with Gasteiger partial charge in [-0.25, -0.2) is 4.79 Å². The van der Waals surface area contributed by atoms with Crippen molar-refractivity contribution >= 4 is 23.9 Å². The maximum Gasteiger partial charge on any atom is 0.328 e. The van der Waals surface area contributed by atoms with Crippen LogP contribution in [0, 0.1) is 6.92 Å². The minimum Gasteiger partial charge on any atom is -0.478 e. The fourth-order valence-corrected chi connectivity index (χ4v) is 1.64. The molecule has 0 fully saturated rings. The molecule has 0 aromatic heterocycles. The molecule has 1 rings (SSSR count). The normalized spacial score (nSPS) is 10.5. The van der Waals surface area contributed by atoms with Crippen molar-refractivity contribution < 1.29 is 19.5 Å². The molecule has 0 spiro atoms. The molecule has 0 aliphatic rings. The molecule has 0 unspecified atom stereocenters. The van der Waals surface area contributed by atoms with Crippen molar-refractivity contribution in [3.8, 4) is 0 Å². The van der Waals surface area contributed by atoms with Crippen molar-refractivity contribution in [2.24, 2.45) is 5.73 Å². The Morgan fingerprint density at radius 3 is 2.55 bits per heavy atom. The van der Waals surface area contributed by atoms with Gasteiger partial charge in [0.1, 0.15) is 0 Å². The highest BCUT2D eigenvalue weighted by molar-refractivity contribution is 5.97. The summed E-state index contributed by atoms with van der Waals surface area (Å²) in [6.45, 7) is 1.63. The number of likely N-dealkylation sites (N-methyl/N-ethyl adjacent to an activating group) is 1. The predicted octanol–water partition coefficient (Wildman–Crippen LogP) is 0.650. The smallest absolute Gasteiger partial charge is 0.328 e. The lowest BCUT2D eigenvalue weighted by Crippen LogP contribution is -2.35. The fourth-order valence-electron chi connectivity index (χ4n) is 1.64. The van der Waals surface area contributed by atoms with E-state index in [-0.39, 0.29) is 12.5 Å². The Morgan fingerprint density at radius 1 is 1.35 bits per heavy atom. The zero-order chi connectivity index (χ0) is 15.3. The number of aliphatic carboxylic acids is 1. The minimum absolute atomic E-state index is 0.174. The first-order valence-corrected chi connectivity index (χ1v) is 5.86. The summed E-state index contributed by atoms with van der Waals surface area (Å²) in [5.74, 6) is -2.01. The van der Waals surface area contributed by atoms with Crippen molar-refractivity contribution in [1.29, 1.82) is 0 Å². The van der Waals surface area contributed by atoms with Gasteiger partial charge >= 0.3 is 5.97 Å². The van der Waals surface area contributed by atoms with Gasteiger partial charge in [0.2, 0.25) is 5.91 Å². The van der Waals surface area contributed by atoms with E-state index >= 15 is 0 Å². The van der Waals surface area contributed by atoms with Gasteiger partial charge in [-0.3, -0.25) is 9.59 Å². The summed E-state index contributed by atoms with van der Waals surface area (Å²) < 4.78 is 0. The molecular formula is C14H16N2O4. The Hall–Kier alpha value is -2.63. The molecular weight excluding hydrogens is 260 g/mol. The van der Waals surface area contributed by atoms with Crippen LogP contribution in [0.1, 0.15) is 21.5 Å². The third kappa shape index (κ3) is 4.24. The van der Waals surface area contributed by atoms with Crippen LogP contribution in [-0.4, -0.2) is 41.4 Å². The van der Waals surface area contributed by atoms with Gasteiger partial charge in [-0.05, 0) is 36.3 Å². The summed E-state index contributed by atoms with van der Waals surface area (Å²) in [5, 5.41) is 8.62. The zero-order valence-electron chi connectivity index (χ0n) is 11.3. The third-order valence-electron chi connectivity index (χ3n) is 2.67. The molecule has 3 N–H and O–H groups in total. The van der Waals surface area contributed by atoms with E-state index in [0.717, 1.165) is 11.6 Å². The summed E-state index contributed by atoms with van der Waals surface area (Å²) in [7, 11) is 1.47. The second kappa shape index (κ2) is 6.51. The molecule has 20 heavy (non-hydrogen) atoms. The van der Waals surface area contributed by atoms with Crippen molar-refractivity contribution in [3.63, 3.8) is 0 Å². The predicted molar refractivity (Wildman–Crippen MR) is 74.0 cm³/mol. The molecule has 0 atom stereocenters. The van der Waals surface area contributed by atoms with Gasteiger partial charge in [0.15, 0.2) is 0 Å². The molecule has 0 saturated carbocycles. The zero-order valence-corrected chi connectivity index (χ0v) is 11.3. The highest BCUT2D eigenvalue weighted by Gasteiger charge is 2.14. The Balaban J connectivity index is 3.02. The number of carboxylic acid groups (broad SMARTS) is 1. The molecule has 106 valence electrons. The lowest BCUT2D eigenvalue weighted by atomic mass is 10.0. The average Bonchev–Trinajstić information content (AvgIpc) is 2.36. The average molecular weight is 276 g/mol. The van der Waals surface area contributed by atoms with Crippen LogP contribution < -0.4 is 5.73 Å². The van der Waals surface area contributed by atoms with E-state index < -0.39 is 11.9 Å². The van der Waals surface area contributed by atoms with E-state index in [1.165, 1.54) is 18.0 Å². The Labute approximate surface area is 116 Å².